The third-order valence-electron chi connectivity index (χ3n) is 4.80. The van der Waals surface area contributed by atoms with Crippen LogP contribution in [-0.4, -0.2) is 51.4 Å². The van der Waals surface area contributed by atoms with Gasteiger partial charge in [-0.15, -0.1) is 0 Å². The highest BCUT2D eigenvalue weighted by Gasteiger charge is 2.28. The predicted octanol–water partition coefficient (Wildman–Crippen LogP) is 2.66. The quantitative estimate of drug-likeness (QED) is 0.805. The van der Waals surface area contributed by atoms with Crippen molar-refractivity contribution in [3.63, 3.8) is 0 Å². The normalized spacial score (nSPS) is 16.1. The Balaban J connectivity index is 1.59. The van der Waals surface area contributed by atoms with E-state index in [-0.39, 0.29) is 10.8 Å². The minimum Gasteiger partial charge on any atom is -0.368 e. The summed E-state index contributed by atoms with van der Waals surface area (Å²) in [5.41, 5.74) is 1.99. The van der Waals surface area contributed by atoms with E-state index in [0.717, 1.165) is 11.3 Å². The summed E-state index contributed by atoms with van der Waals surface area (Å²) in [4.78, 5) is 16.7. The average Bonchev–Trinajstić information content (AvgIpc) is 2.67. The van der Waals surface area contributed by atoms with Crippen molar-refractivity contribution in [2.45, 2.75) is 24.8 Å². The van der Waals surface area contributed by atoms with Crippen LogP contribution in [0.25, 0.3) is 0 Å². The summed E-state index contributed by atoms with van der Waals surface area (Å²) in [6.45, 7) is 5.87. The highest BCUT2D eigenvalue weighted by atomic mass is 35.5. The Hall–Kier alpha value is -2.09. The number of benzene rings is 2. The molecule has 1 atom stereocenters. The molecule has 1 saturated heterocycles. The van der Waals surface area contributed by atoms with Crippen LogP contribution >= 0.6 is 11.6 Å². The molecule has 1 aliphatic rings. The lowest BCUT2D eigenvalue weighted by molar-refractivity contribution is -0.132. The first kappa shape index (κ1) is 20.6. The van der Waals surface area contributed by atoms with Crippen LogP contribution in [-0.2, 0) is 14.8 Å². The second-order valence-electron chi connectivity index (χ2n) is 6.95. The smallest absolute Gasteiger partial charge is 0.241 e. The maximum Gasteiger partial charge on any atom is 0.241 e. The molecule has 3 rings (SSSR count). The largest absolute Gasteiger partial charge is 0.368 e. The van der Waals surface area contributed by atoms with E-state index < -0.39 is 16.1 Å². The van der Waals surface area contributed by atoms with E-state index in [2.05, 4.69) is 9.62 Å². The van der Waals surface area contributed by atoms with Crippen LogP contribution < -0.4 is 9.62 Å². The summed E-state index contributed by atoms with van der Waals surface area (Å²) in [6, 6.07) is 13.3. The Labute approximate surface area is 171 Å². The SMILES string of the molecule is Cc1ccc(S(=O)(=O)N[C@H](C)C(=O)N2CCN(c3cccc(Cl)c3)CC2)cc1. The summed E-state index contributed by atoms with van der Waals surface area (Å²) in [5, 5.41) is 0.676. The van der Waals surface area contributed by atoms with E-state index in [1.165, 1.54) is 0 Å². The fourth-order valence-electron chi connectivity index (χ4n) is 3.20. The van der Waals surface area contributed by atoms with Gasteiger partial charge in [-0.1, -0.05) is 35.4 Å². The van der Waals surface area contributed by atoms with Gasteiger partial charge in [-0.25, -0.2) is 8.42 Å². The van der Waals surface area contributed by atoms with E-state index in [0.29, 0.717) is 31.2 Å². The molecule has 1 fully saturated rings. The second-order valence-corrected chi connectivity index (χ2v) is 9.10. The van der Waals surface area contributed by atoms with Crippen molar-refractivity contribution in [1.82, 2.24) is 9.62 Å². The highest BCUT2D eigenvalue weighted by Crippen LogP contribution is 2.21. The average molecular weight is 422 g/mol. The van der Waals surface area contributed by atoms with Crippen LogP contribution in [0.4, 0.5) is 5.69 Å². The number of nitrogens with one attached hydrogen (secondary N) is 1. The van der Waals surface area contributed by atoms with Crippen LogP contribution in [0.1, 0.15) is 12.5 Å². The number of aryl methyl sites for hydroxylation is 1. The summed E-state index contributed by atoms with van der Waals surface area (Å²) in [6.07, 6.45) is 0. The number of piperazine rings is 1. The van der Waals surface area contributed by atoms with Gasteiger partial charge in [0.05, 0.1) is 10.9 Å². The van der Waals surface area contributed by atoms with Gasteiger partial charge < -0.3 is 9.80 Å². The standard InChI is InChI=1S/C20H24ClN3O3S/c1-15-6-8-19(9-7-15)28(26,27)22-16(2)20(25)24-12-10-23(11-13-24)18-5-3-4-17(21)14-18/h3-9,14,16,22H,10-13H2,1-2H3/t16-/m1/s1. The molecule has 150 valence electrons. The first-order valence-corrected chi connectivity index (χ1v) is 11.0. The zero-order valence-corrected chi connectivity index (χ0v) is 17.5. The number of amides is 1. The molecule has 0 spiro atoms. The molecule has 0 saturated carbocycles. The van der Waals surface area contributed by atoms with Gasteiger partial charge in [0.25, 0.3) is 0 Å². The van der Waals surface area contributed by atoms with E-state index in [4.69, 9.17) is 11.6 Å². The predicted molar refractivity (Wildman–Crippen MR) is 111 cm³/mol. The van der Waals surface area contributed by atoms with Crippen LogP contribution in [0.15, 0.2) is 53.4 Å². The number of carbonyl (C=O) groups is 1. The first-order valence-electron chi connectivity index (χ1n) is 9.14. The van der Waals surface area contributed by atoms with Gasteiger partial charge in [0.1, 0.15) is 0 Å². The number of halogens is 1. The molecule has 0 radical (unpaired) electrons. The van der Waals surface area contributed by atoms with Crippen LogP contribution in [0.3, 0.4) is 0 Å². The minimum atomic E-state index is -3.74. The first-order chi connectivity index (χ1) is 13.3. The number of sulfonamides is 1. The fraction of sp³-hybridized carbons (Fsp3) is 0.350. The van der Waals surface area contributed by atoms with Gasteiger partial charge in [0.2, 0.25) is 15.9 Å². The van der Waals surface area contributed by atoms with E-state index in [9.17, 15) is 13.2 Å². The maximum atomic E-state index is 12.7. The van der Waals surface area contributed by atoms with E-state index in [1.54, 1.807) is 36.1 Å². The van der Waals surface area contributed by atoms with Crippen LogP contribution in [0.2, 0.25) is 5.02 Å². The van der Waals surface area contributed by atoms with E-state index >= 15 is 0 Å². The molecular formula is C20H24ClN3O3S. The number of anilines is 1. The Morgan fingerprint density at radius 2 is 1.71 bits per heavy atom. The van der Waals surface area contributed by atoms with Crippen molar-refractivity contribution in [1.29, 1.82) is 0 Å². The third-order valence-corrected chi connectivity index (χ3v) is 6.59. The molecule has 0 aromatic heterocycles. The summed E-state index contributed by atoms with van der Waals surface area (Å²) in [7, 11) is -3.74. The maximum absolute atomic E-state index is 12.7. The third kappa shape index (κ3) is 4.84. The van der Waals surface area contributed by atoms with Crippen molar-refractivity contribution >= 4 is 33.2 Å². The van der Waals surface area contributed by atoms with Crippen molar-refractivity contribution in [2.75, 3.05) is 31.1 Å². The topological polar surface area (TPSA) is 69.7 Å². The van der Waals surface area contributed by atoms with Crippen molar-refractivity contribution < 1.29 is 13.2 Å². The Bertz CT molecular complexity index is 939. The minimum absolute atomic E-state index is 0.156. The van der Waals surface area contributed by atoms with Crippen molar-refractivity contribution in [3.8, 4) is 0 Å². The molecule has 0 aliphatic carbocycles. The Morgan fingerprint density at radius 1 is 1.07 bits per heavy atom. The van der Waals surface area contributed by atoms with Crippen LogP contribution in [0, 0.1) is 6.92 Å². The van der Waals surface area contributed by atoms with E-state index in [1.807, 2.05) is 31.2 Å². The van der Waals surface area contributed by atoms with Gasteiger partial charge in [-0.05, 0) is 44.2 Å². The molecule has 1 amide bonds. The van der Waals surface area contributed by atoms with Gasteiger partial charge in [0.15, 0.2) is 0 Å². The number of hydrogen-bond donors (Lipinski definition) is 1. The Kier molecular flexibility index (Phi) is 6.27. The lowest BCUT2D eigenvalue weighted by Gasteiger charge is -2.37. The highest BCUT2D eigenvalue weighted by molar-refractivity contribution is 7.89. The summed E-state index contributed by atoms with van der Waals surface area (Å²) < 4.78 is 27.5. The lowest BCUT2D eigenvalue weighted by Crippen LogP contribution is -2.54. The molecule has 0 unspecified atom stereocenters. The zero-order valence-electron chi connectivity index (χ0n) is 15.9. The Morgan fingerprint density at radius 3 is 2.32 bits per heavy atom. The molecular weight excluding hydrogens is 398 g/mol. The van der Waals surface area contributed by atoms with Crippen LogP contribution in [0.5, 0.6) is 0 Å². The fourth-order valence-corrected chi connectivity index (χ4v) is 4.58. The van der Waals surface area contributed by atoms with Gasteiger partial charge in [-0.3, -0.25) is 4.79 Å². The van der Waals surface area contributed by atoms with Crippen molar-refractivity contribution in [3.05, 3.63) is 59.1 Å². The molecule has 1 heterocycles. The molecule has 28 heavy (non-hydrogen) atoms. The van der Waals surface area contributed by atoms with Gasteiger partial charge in [0, 0.05) is 36.9 Å². The molecule has 8 heteroatoms. The lowest BCUT2D eigenvalue weighted by atomic mass is 10.2. The number of nitrogens with zero attached hydrogens (tertiary/aromatic N) is 2. The number of hydrogen-bond acceptors (Lipinski definition) is 4. The number of rotatable bonds is 5. The van der Waals surface area contributed by atoms with Gasteiger partial charge >= 0.3 is 0 Å². The molecule has 6 nitrogen and oxygen atoms in total. The van der Waals surface area contributed by atoms with Gasteiger partial charge in [-0.2, -0.15) is 4.72 Å². The molecule has 2 aromatic rings. The molecule has 2 aromatic carbocycles. The number of carbonyl (C=O) groups excluding carboxylic acids is 1. The molecule has 1 N–H and O–H groups in total. The molecule has 0 bridgehead atoms. The summed E-state index contributed by atoms with van der Waals surface area (Å²) in [5.74, 6) is -0.221. The zero-order chi connectivity index (χ0) is 20.3. The monoisotopic (exact) mass is 421 g/mol. The summed E-state index contributed by atoms with van der Waals surface area (Å²) >= 11 is 6.05. The second kappa shape index (κ2) is 8.51. The van der Waals surface area contributed by atoms with Crippen molar-refractivity contribution in [2.24, 2.45) is 0 Å². The molecule has 1 aliphatic heterocycles.